The number of nitrogens with zero attached hydrogens (tertiary/aromatic N) is 2. The number of aromatic nitrogens is 1. The lowest BCUT2D eigenvalue weighted by molar-refractivity contribution is -0.139. The summed E-state index contributed by atoms with van der Waals surface area (Å²) in [7, 11) is 0. The molecule has 2 saturated carbocycles. The molecule has 2 atom stereocenters. The van der Waals surface area contributed by atoms with Gasteiger partial charge in [-0.25, -0.2) is 0 Å². The normalized spacial score (nSPS) is 33.5. The minimum absolute atomic E-state index is 0.0254. The molecule has 3 N–H and O–H groups in total. The van der Waals surface area contributed by atoms with E-state index in [1.165, 1.54) is 0 Å². The van der Waals surface area contributed by atoms with Gasteiger partial charge in [-0.05, 0) is 50.4 Å². The highest BCUT2D eigenvalue weighted by Crippen LogP contribution is 2.40. The van der Waals surface area contributed by atoms with E-state index in [-0.39, 0.29) is 41.7 Å². The zero-order valence-electron chi connectivity index (χ0n) is 16.9. The molecule has 0 bridgehead atoms. The van der Waals surface area contributed by atoms with Crippen LogP contribution in [0, 0.1) is 17.8 Å². The molecule has 1 aliphatic heterocycles. The second-order valence-corrected chi connectivity index (χ2v) is 9.20. The first-order chi connectivity index (χ1) is 13.4. The second-order valence-electron chi connectivity index (χ2n) is 9.20. The fourth-order valence-electron chi connectivity index (χ4n) is 4.83. The number of hydrogen-bond acceptors (Lipinski definition) is 5. The van der Waals surface area contributed by atoms with E-state index in [4.69, 9.17) is 10.3 Å². The van der Waals surface area contributed by atoms with Crippen molar-refractivity contribution in [2.75, 3.05) is 13.1 Å². The summed E-state index contributed by atoms with van der Waals surface area (Å²) in [4.78, 5) is 27.6. The van der Waals surface area contributed by atoms with Crippen LogP contribution in [-0.2, 0) is 4.79 Å². The Bertz CT molecular complexity index is 709. The Kier molecular flexibility index (Phi) is 5.45. The maximum absolute atomic E-state index is 12.9. The lowest BCUT2D eigenvalue weighted by atomic mass is 9.82. The summed E-state index contributed by atoms with van der Waals surface area (Å²) in [6, 6.07) is 2.05. The average Bonchev–Trinajstić information content (AvgIpc) is 3.41. The van der Waals surface area contributed by atoms with E-state index in [0.717, 1.165) is 44.3 Å². The zero-order chi connectivity index (χ0) is 19.8. The maximum atomic E-state index is 12.9. The lowest BCUT2D eigenvalue weighted by Gasteiger charge is -2.43. The van der Waals surface area contributed by atoms with Gasteiger partial charge in [0.1, 0.15) is 5.76 Å². The van der Waals surface area contributed by atoms with Crippen LogP contribution in [0.5, 0.6) is 0 Å². The first-order valence-corrected chi connectivity index (χ1v) is 10.7. The van der Waals surface area contributed by atoms with Gasteiger partial charge < -0.3 is 20.5 Å². The summed E-state index contributed by atoms with van der Waals surface area (Å²) in [6.07, 6.45) is 5.90. The monoisotopic (exact) mass is 388 g/mol. The molecule has 2 aliphatic carbocycles. The lowest BCUT2D eigenvalue weighted by Crippen LogP contribution is -2.57. The summed E-state index contributed by atoms with van der Waals surface area (Å²) >= 11 is 0. The molecule has 7 heteroatoms. The van der Waals surface area contributed by atoms with Crippen molar-refractivity contribution in [3.05, 3.63) is 17.5 Å². The van der Waals surface area contributed by atoms with E-state index in [1.54, 1.807) is 6.07 Å². The topological polar surface area (TPSA) is 101 Å². The fraction of sp³-hybridized carbons (Fsp3) is 0.762. The van der Waals surface area contributed by atoms with Crippen LogP contribution in [-0.4, -0.2) is 47.0 Å². The first-order valence-electron chi connectivity index (χ1n) is 10.7. The fourth-order valence-corrected chi connectivity index (χ4v) is 4.83. The average molecular weight is 389 g/mol. The van der Waals surface area contributed by atoms with Crippen molar-refractivity contribution in [3.63, 3.8) is 0 Å². The minimum atomic E-state index is -0.180. The van der Waals surface area contributed by atoms with Crippen molar-refractivity contribution in [3.8, 4) is 0 Å². The molecule has 154 valence electrons. The van der Waals surface area contributed by atoms with Crippen LogP contribution >= 0.6 is 0 Å². The van der Waals surface area contributed by atoms with Crippen molar-refractivity contribution < 1.29 is 14.1 Å². The van der Waals surface area contributed by atoms with Gasteiger partial charge in [0.25, 0.3) is 5.91 Å². The number of carbonyl (C=O) groups excluding carboxylic acids is 2. The molecule has 0 radical (unpaired) electrons. The Morgan fingerprint density at radius 1 is 1.11 bits per heavy atom. The summed E-state index contributed by atoms with van der Waals surface area (Å²) in [5.74, 6) is 1.84. The number of amides is 2. The highest BCUT2D eigenvalue weighted by atomic mass is 16.5. The van der Waals surface area contributed by atoms with E-state index >= 15 is 0 Å². The number of carbonyl (C=O) groups is 2. The SMILES string of the molecule is CC1CN(C(=O)C2CCC(N)CC2)CC(C)C1NC(=O)c1cc(C2CC2)on1. The van der Waals surface area contributed by atoms with Crippen molar-refractivity contribution in [1.82, 2.24) is 15.4 Å². The van der Waals surface area contributed by atoms with Crippen molar-refractivity contribution in [2.45, 2.75) is 70.4 Å². The van der Waals surface area contributed by atoms with E-state index in [9.17, 15) is 9.59 Å². The molecule has 3 aliphatic rings. The highest BCUT2D eigenvalue weighted by molar-refractivity contribution is 5.92. The van der Waals surface area contributed by atoms with Crippen LogP contribution in [0.2, 0.25) is 0 Å². The summed E-state index contributed by atoms with van der Waals surface area (Å²) in [5, 5.41) is 7.08. The molecule has 4 rings (SSSR count). The third-order valence-electron chi connectivity index (χ3n) is 6.71. The van der Waals surface area contributed by atoms with Gasteiger partial charge in [0, 0.05) is 43.1 Å². The van der Waals surface area contributed by atoms with E-state index in [0.29, 0.717) is 24.7 Å². The molecule has 0 aromatic carbocycles. The Labute approximate surface area is 166 Å². The van der Waals surface area contributed by atoms with E-state index < -0.39 is 0 Å². The summed E-state index contributed by atoms with van der Waals surface area (Å²) in [6.45, 7) is 5.58. The number of rotatable bonds is 4. The molecule has 1 aromatic heterocycles. The molecule has 2 heterocycles. The number of nitrogens with two attached hydrogens (primary N) is 1. The van der Waals surface area contributed by atoms with Gasteiger partial charge in [-0.3, -0.25) is 9.59 Å². The summed E-state index contributed by atoms with van der Waals surface area (Å²) in [5.41, 5.74) is 6.34. The molecule has 3 fully saturated rings. The van der Waals surface area contributed by atoms with Crippen LogP contribution in [0.1, 0.15) is 74.5 Å². The maximum Gasteiger partial charge on any atom is 0.273 e. The van der Waals surface area contributed by atoms with Gasteiger partial charge in [-0.1, -0.05) is 19.0 Å². The predicted molar refractivity (Wildman–Crippen MR) is 105 cm³/mol. The van der Waals surface area contributed by atoms with Crippen molar-refractivity contribution in [2.24, 2.45) is 23.5 Å². The van der Waals surface area contributed by atoms with Crippen LogP contribution < -0.4 is 11.1 Å². The minimum Gasteiger partial charge on any atom is -0.360 e. The van der Waals surface area contributed by atoms with Gasteiger partial charge in [-0.15, -0.1) is 0 Å². The van der Waals surface area contributed by atoms with Crippen LogP contribution in [0.25, 0.3) is 0 Å². The molecular formula is C21H32N4O3. The zero-order valence-corrected chi connectivity index (χ0v) is 16.9. The number of nitrogens with one attached hydrogen (secondary N) is 1. The Balaban J connectivity index is 1.34. The van der Waals surface area contributed by atoms with Gasteiger partial charge in [-0.2, -0.15) is 0 Å². The van der Waals surface area contributed by atoms with Crippen LogP contribution in [0.15, 0.2) is 10.6 Å². The van der Waals surface area contributed by atoms with E-state index in [2.05, 4.69) is 24.3 Å². The molecule has 28 heavy (non-hydrogen) atoms. The Hall–Kier alpha value is -1.89. The smallest absolute Gasteiger partial charge is 0.273 e. The largest absolute Gasteiger partial charge is 0.360 e. The standard InChI is InChI=1S/C21H32N4O3/c1-12-10-25(21(27)15-5-7-16(22)8-6-15)11-13(2)19(12)23-20(26)17-9-18(28-24-17)14-3-4-14/h9,12-16,19H,3-8,10-11,22H2,1-2H3,(H,23,26). The van der Waals surface area contributed by atoms with Gasteiger partial charge >= 0.3 is 0 Å². The summed E-state index contributed by atoms with van der Waals surface area (Å²) < 4.78 is 5.30. The molecule has 7 nitrogen and oxygen atoms in total. The van der Waals surface area contributed by atoms with Gasteiger partial charge in [0.15, 0.2) is 5.69 Å². The van der Waals surface area contributed by atoms with Crippen LogP contribution in [0.3, 0.4) is 0 Å². The molecular weight excluding hydrogens is 356 g/mol. The van der Waals surface area contributed by atoms with Gasteiger partial charge in [0.2, 0.25) is 5.91 Å². The van der Waals surface area contributed by atoms with Crippen LogP contribution in [0.4, 0.5) is 0 Å². The van der Waals surface area contributed by atoms with Crippen molar-refractivity contribution >= 4 is 11.8 Å². The predicted octanol–water partition coefficient (Wildman–Crippen LogP) is 2.28. The third kappa shape index (κ3) is 4.09. The third-order valence-corrected chi connectivity index (χ3v) is 6.71. The number of hydrogen-bond donors (Lipinski definition) is 2. The quantitative estimate of drug-likeness (QED) is 0.824. The number of piperidine rings is 1. The molecule has 2 unspecified atom stereocenters. The highest BCUT2D eigenvalue weighted by Gasteiger charge is 2.38. The first kappa shape index (κ1) is 19.4. The van der Waals surface area contributed by atoms with E-state index in [1.807, 2.05) is 4.90 Å². The molecule has 1 saturated heterocycles. The number of likely N-dealkylation sites (tertiary alicyclic amines) is 1. The van der Waals surface area contributed by atoms with Crippen molar-refractivity contribution in [1.29, 1.82) is 0 Å². The van der Waals surface area contributed by atoms with Gasteiger partial charge in [0.05, 0.1) is 0 Å². The Morgan fingerprint density at radius 2 is 1.75 bits per heavy atom. The second kappa shape index (κ2) is 7.85. The molecule has 0 spiro atoms. The molecule has 2 amide bonds. The molecule has 1 aromatic rings. The Morgan fingerprint density at radius 3 is 2.36 bits per heavy atom.